The normalized spacial score (nSPS) is 15.3. The summed E-state index contributed by atoms with van der Waals surface area (Å²) in [5, 5.41) is 11.1. The third-order valence-corrected chi connectivity index (χ3v) is 7.16. The van der Waals surface area contributed by atoms with Crippen LogP contribution in [-0.2, 0) is 16.1 Å². The van der Waals surface area contributed by atoms with Crippen LogP contribution in [0.4, 0.5) is 11.4 Å². The van der Waals surface area contributed by atoms with Gasteiger partial charge in [-0.15, -0.1) is 9.46 Å². The monoisotopic (exact) mass is 586 g/mol. The summed E-state index contributed by atoms with van der Waals surface area (Å²) in [6.07, 6.45) is 6.04. The van der Waals surface area contributed by atoms with Gasteiger partial charge in [0, 0.05) is 50.7 Å². The summed E-state index contributed by atoms with van der Waals surface area (Å²) in [5.41, 5.74) is 2.49. The first kappa shape index (κ1) is 28.1. The maximum absolute atomic E-state index is 12.6. The molecule has 0 bridgehead atoms. The highest BCUT2D eigenvalue weighted by molar-refractivity contribution is 5.89. The number of hydrogen-bond acceptors (Lipinski definition) is 12. The van der Waals surface area contributed by atoms with E-state index >= 15 is 0 Å². The minimum absolute atomic E-state index is 0.221. The van der Waals surface area contributed by atoms with E-state index in [0.29, 0.717) is 55.3 Å². The fourth-order valence-electron chi connectivity index (χ4n) is 5.03. The van der Waals surface area contributed by atoms with Gasteiger partial charge in [0.25, 0.3) is 11.1 Å². The Hall–Kier alpha value is -5.08. The van der Waals surface area contributed by atoms with Crippen LogP contribution in [0.2, 0.25) is 0 Å². The Morgan fingerprint density at radius 3 is 1.88 bits per heavy atom. The van der Waals surface area contributed by atoms with Gasteiger partial charge in [-0.25, -0.2) is 19.9 Å². The van der Waals surface area contributed by atoms with Gasteiger partial charge in [0.2, 0.25) is 0 Å². The Morgan fingerprint density at radius 2 is 1.28 bits per heavy atom. The van der Waals surface area contributed by atoms with E-state index in [1.165, 1.54) is 23.5 Å². The number of hydrogen-bond donors (Lipinski definition) is 1. The lowest BCUT2D eigenvalue weighted by Gasteiger charge is -2.29. The summed E-state index contributed by atoms with van der Waals surface area (Å²) < 4.78 is 12.5. The van der Waals surface area contributed by atoms with Crippen molar-refractivity contribution in [2.75, 3.05) is 62.4 Å². The number of benzene rings is 1. The van der Waals surface area contributed by atoms with Gasteiger partial charge in [0.05, 0.1) is 48.6 Å². The molecule has 0 amide bonds. The molecule has 14 nitrogen and oxygen atoms in total. The quantitative estimate of drug-likeness (QED) is 0.294. The zero-order valence-corrected chi connectivity index (χ0v) is 23.3. The molecule has 4 aromatic heterocycles. The number of aromatic nitrogens is 6. The van der Waals surface area contributed by atoms with E-state index in [1.807, 2.05) is 35.2 Å². The molecule has 1 aromatic carbocycles. The molecule has 14 heteroatoms. The van der Waals surface area contributed by atoms with Gasteiger partial charge < -0.3 is 29.3 Å². The van der Waals surface area contributed by atoms with Crippen LogP contribution in [0.25, 0.3) is 22.1 Å². The Morgan fingerprint density at radius 1 is 0.744 bits per heavy atom. The largest absolute Gasteiger partial charge is 0.423 e. The molecular formula is C29H30N8O6. The molecule has 2 fully saturated rings. The Kier molecular flexibility index (Phi) is 8.38. The molecule has 2 aliphatic rings. The second-order valence-corrected chi connectivity index (χ2v) is 9.82. The van der Waals surface area contributed by atoms with Crippen LogP contribution in [0.3, 0.4) is 0 Å². The molecule has 7 rings (SSSR count). The van der Waals surface area contributed by atoms with Gasteiger partial charge in [0.15, 0.2) is 11.3 Å². The topological polar surface area (TPSA) is 150 Å². The van der Waals surface area contributed by atoms with Crippen molar-refractivity contribution in [1.82, 2.24) is 29.4 Å². The molecule has 222 valence electrons. The van der Waals surface area contributed by atoms with Crippen LogP contribution in [0.1, 0.15) is 5.56 Å². The van der Waals surface area contributed by atoms with Crippen LogP contribution in [0.5, 0.6) is 0 Å². The maximum Gasteiger partial charge on any atom is 0.287 e. The van der Waals surface area contributed by atoms with Crippen molar-refractivity contribution in [1.29, 1.82) is 0 Å². The highest BCUT2D eigenvalue weighted by Gasteiger charge is 2.19. The van der Waals surface area contributed by atoms with Crippen molar-refractivity contribution in [3.05, 3.63) is 93.8 Å². The van der Waals surface area contributed by atoms with Gasteiger partial charge in [-0.1, -0.05) is 30.3 Å². The summed E-state index contributed by atoms with van der Waals surface area (Å²) in [6.45, 7) is 5.70. The number of nitrogens with zero attached hydrogens (tertiary/aromatic N) is 8. The van der Waals surface area contributed by atoms with Crippen LogP contribution < -0.4 is 25.8 Å². The Labute approximate surface area is 245 Å². The Balaban J connectivity index is 0.000000162. The van der Waals surface area contributed by atoms with Crippen molar-refractivity contribution in [3.8, 4) is 0 Å². The molecule has 0 spiro atoms. The predicted molar refractivity (Wildman–Crippen MR) is 158 cm³/mol. The second-order valence-electron chi connectivity index (χ2n) is 9.82. The van der Waals surface area contributed by atoms with E-state index in [4.69, 9.17) is 14.3 Å². The number of pyridine rings is 2. The van der Waals surface area contributed by atoms with Crippen molar-refractivity contribution in [2.45, 2.75) is 6.61 Å². The number of anilines is 2. The molecule has 1 N–H and O–H groups in total. The Bertz CT molecular complexity index is 1820. The lowest BCUT2D eigenvalue weighted by atomic mass is 10.2. The van der Waals surface area contributed by atoms with Crippen molar-refractivity contribution in [3.63, 3.8) is 0 Å². The van der Waals surface area contributed by atoms with Gasteiger partial charge in [0.1, 0.15) is 19.3 Å². The third kappa shape index (κ3) is 6.10. The number of morpholine rings is 2. The highest BCUT2D eigenvalue weighted by Crippen LogP contribution is 2.24. The summed E-state index contributed by atoms with van der Waals surface area (Å²) in [6, 6.07) is 12.7. The van der Waals surface area contributed by atoms with Crippen LogP contribution in [0, 0.1) is 0 Å². The molecule has 0 aliphatic carbocycles. The first-order chi connectivity index (χ1) is 21.1. The number of ether oxygens (including phenoxy) is 2. The molecule has 0 unspecified atom stereocenters. The van der Waals surface area contributed by atoms with E-state index in [0.717, 1.165) is 35.4 Å². The van der Waals surface area contributed by atoms with Gasteiger partial charge in [-0.05, 0) is 5.56 Å². The zero-order valence-electron chi connectivity index (χ0n) is 23.3. The molecule has 43 heavy (non-hydrogen) atoms. The first-order valence-corrected chi connectivity index (χ1v) is 13.8. The molecule has 5 aromatic rings. The average Bonchev–Trinajstić information content (AvgIpc) is 3.07. The standard InChI is InChI=1S/C18H18N4O3.C11H12N4O3/c23-17-10-16(21-6-8-24-9-7-21)15-11-19-13-20-18(15)22(17)25-12-14-4-2-1-3-5-14;16-10-5-9(14-1-3-18-4-2-14)8-6-12-7-13-11(8)15(10)17/h1-5,10-11,13H,6-9,12H2;5-7,17H,1-4H2. The minimum atomic E-state index is -0.498. The molecular weight excluding hydrogens is 556 g/mol. The van der Waals surface area contributed by atoms with E-state index in [2.05, 4.69) is 24.8 Å². The number of fused-ring (bicyclic) bond motifs is 2. The zero-order chi connectivity index (χ0) is 29.6. The minimum Gasteiger partial charge on any atom is -0.423 e. The molecule has 2 saturated heterocycles. The first-order valence-electron chi connectivity index (χ1n) is 13.8. The van der Waals surface area contributed by atoms with E-state index in [1.54, 1.807) is 18.5 Å². The number of rotatable bonds is 5. The summed E-state index contributed by atoms with van der Waals surface area (Å²) >= 11 is 0. The van der Waals surface area contributed by atoms with Crippen molar-refractivity contribution < 1.29 is 19.5 Å². The van der Waals surface area contributed by atoms with Gasteiger partial charge >= 0.3 is 0 Å². The predicted octanol–water partition coefficient (Wildman–Crippen LogP) is 1.12. The summed E-state index contributed by atoms with van der Waals surface area (Å²) in [5.74, 6) is 0. The van der Waals surface area contributed by atoms with E-state index in [9.17, 15) is 14.8 Å². The molecule has 0 saturated carbocycles. The lowest BCUT2D eigenvalue weighted by Crippen LogP contribution is -2.38. The molecule has 0 atom stereocenters. The summed E-state index contributed by atoms with van der Waals surface area (Å²) in [7, 11) is 0. The van der Waals surface area contributed by atoms with E-state index in [-0.39, 0.29) is 17.8 Å². The smallest absolute Gasteiger partial charge is 0.287 e. The maximum atomic E-state index is 12.6. The summed E-state index contributed by atoms with van der Waals surface area (Å²) in [4.78, 5) is 50.5. The second kappa shape index (κ2) is 12.8. The van der Waals surface area contributed by atoms with Gasteiger partial charge in [-0.3, -0.25) is 9.59 Å². The van der Waals surface area contributed by atoms with Crippen LogP contribution >= 0.6 is 0 Å². The molecule has 6 heterocycles. The SMILES string of the molecule is O=c1cc(N2CCOCC2)c2cncnc2n1O.O=c1cc(N2CCOCC2)c2cncnc2n1OCc1ccccc1. The third-order valence-electron chi connectivity index (χ3n) is 7.16. The van der Waals surface area contributed by atoms with Crippen molar-refractivity contribution >= 4 is 33.4 Å². The van der Waals surface area contributed by atoms with Crippen LogP contribution in [-0.4, -0.2) is 87.2 Å². The van der Waals surface area contributed by atoms with Crippen molar-refractivity contribution in [2.24, 2.45) is 0 Å². The van der Waals surface area contributed by atoms with E-state index < -0.39 is 5.56 Å². The fraction of sp³-hybridized carbons (Fsp3) is 0.310. The fourth-order valence-corrected chi connectivity index (χ4v) is 5.03. The highest BCUT2D eigenvalue weighted by atomic mass is 16.7. The molecule has 2 aliphatic heterocycles. The lowest BCUT2D eigenvalue weighted by molar-refractivity contribution is 0.0978. The van der Waals surface area contributed by atoms with Crippen LogP contribution in [0.15, 0.2) is 77.1 Å². The molecule has 0 radical (unpaired) electrons. The van der Waals surface area contributed by atoms with Gasteiger partial charge in [-0.2, -0.15) is 0 Å². The average molecular weight is 587 g/mol.